The van der Waals surface area contributed by atoms with E-state index in [1.165, 1.54) is 0 Å². The molecule has 0 saturated heterocycles. The average molecular weight is 265 g/mol. The number of aromatic nitrogens is 1. The van der Waals surface area contributed by atoms with Gasteiger partial charge in [0.15, 0.2) is 0 Å². The first-order valence-corrected chi connectivity index (χ1v) is 6.44. The number of anilines is 1. The first kappa shape index (κ1) is 13.1. The molecule has 2 rings (SSSR count). The normalized spacial score (nSPS) is 10.8. The number of nitrogens with one attached hydrogen (secondary N) is 1. The summed E-state index contributed by atoms with van der Waals surface area (Å²) in [5, 5.41) is 5.19. The minimum atomic E-state index is 0.513. The highest BCUT2D eigenvalue weighted by molar-refractivity contribution is 6.31. The van der Waals surface area contributed by atoms with Crippen molar-refractivity contribution in [2.24, 2.45) is 0 Å². The van der Waals surface area contributed by atoms with Crippen LogP contribution in [0.5, 0.6) is 0 Å². The van der Waals surface area contributed by atoms with Gasteiger partial charge in [-0.3, -0.25) is 4.98 Å². The number of nitrogens with zero attached hydrogens (tertiary/aromatic N) is 1. The van der Waals surface area contributed by atoms with Gasteiger partial charge in [0.1, 0.15) is 0 Å². The Labute approximate surface area is 112 Å². The zero-order chi connectivity index (χ0) is 13.0. The van der Waals surface area contributed by atoms with Crippen molar-refractivity contribution in [2.45, 2.75) is 20.0 Å². The molecule has 0 atom stereocenters. The maximum Gasteiger partial charge on any atom is 0.0885 e. The van der Waals surface area contributed by atoms with Gasteiger partial charge in [-0.2, -0.15) is 0 Å². The summed E-state index contributed by atoms with van der Waals surface area (Å²) in [4.78, 5) is 4.55. The summed E-state index contributed by atoms with van der Waals surface area (Å²) in [5.74, 6) is 0. The van der Waals surface area contributed by atoms with Gasteiger partial charge in [-0.05, 0) is 30.7 Å². The summed E-state index contributed by atoms with van der Waals surface area (Å²) in [6, 6.07) is 7.77. The molecular weight excluding hydrogens is 248 g/mol. The molecule has 0 radical (unpaired) electrons. The van der Waals surface area contributed by atoms with Crippen molar-refractivity contribution >= 4 is 28.2 Å². The number of benzene rings is 1. The monoisotopic (exact) mass is 264 g/mol. The standard InChI is InChI=1S/C14H17ClN2O/c1-3-6-16-14-8-11(9-18-2)17-13-5-4-10(15)7-12(13)14/h4-5,7-8H,3,6,9H2,1-2H3,(H,16,17). The Morgan fingerprint density at radius 3 is 2.89 bits per heavy atom. The molecule has 1 N–H and O–H groups in total. The van der Waals surface area contributed by atoms with Crippen LogP contribution in [0.1, 0.15) is 19.0 Å². The summed E-state index contributed by atoms with van der Waals surface area (Å²) >= 11 is 6.05. The maximum absolute atomic E-state index is 6.05. The molecule has 0 amide bonds. The van der Waals surface area contributed by atoms with E-state index in [1.807, 2.05) is 24.3 Å². The Bertz CT molecular complexity index is 543. The Kier molecular flexibility index (Phi) is 4.39. The van der Waals surface area contributed by atoms with Crippen molar-refractivity contribution in [3.63, 3.8) is 0 Å². The van der Waals surface area contributed by atoms with Crippen LogP contribution < -0.4 is 5.32 Å². The predicted octanol–water partition coefficient (Wildman–Crippen LogP) is 3.86. The molecule has 0 saturated carbocycles. The number of halogens is 1. The molecule has 0 unspecified atom stereocenters. The Morgan fingerprint density at radius 1 is 1.33 bits per heavy atom. The number of pyridine rings is 1. The third-order valence-electron chi connectivity index (χ3n) is 2.68. The molecular formula is C14H17ClN2O. The van der Waals surface area contributed by atoms with E-state index in [0.29, 0.717) is 6.61 Å². The van der Waals surface area contributed by atoms with Crippen LogP contribution in [0.3, 0.4) is 0 Å². The lowest BCUT2D eigenvalue weighted by molar-refractivity contribution is 0.182. The Balaban J connectivity index is 2.50. The van der Waals surface area contributed by atoms with Gasteiger partial charge in [-0.1, -0.05) is 18.5 Å². The van der Waals surface area contributed by atoms with Crippen LogP contribution >= 0.6 is 11.6 Å². The van der Waals surface area contributed by atoms with Gasteiger partial charge < -0.3 is 10.1 Å². The summed E-state index contributed by atoms with van der Waals surface area (Å²) in [6.07, 6.45) is 1.07. The second-order valence-electron chi connectivity index (χ2n) is 4.18. The summed E-state index contributed by atoms with van der Waals surface area (Å²) < 4.78 is 5.14. The first-order chi connectivity index (χ1) is 8.74. The fourth-order valence-corrected chi connectivity index (χ4v) is 2.05. The van der Waals surface area contributed by atoms with Crippen LogP contribution in [0.15, 0.2) is 24.3 Å². The third-order valence-corrected chi connectivity index (χ3v) is 2.92. The molecule has 0 aliphatic heterocycles. The van der Waals surface area contributed by atoms with E-state index in [1.54, 1.807) is 7.11 Å². The van der Waals surface area contributed by atoms with Gasteiger partial charge in [0.05, 0.1) is 17.8 Å². The fraction of sp³-hybridized carbons (Fsp3) is 0.357. The minimum absolute atomic E-state index is 0.513. The van der Waals surface area contributed by atoms with Crippen molar-refractivity contribution in [1.29, 1.82) is 0 Å². The highest BCUT2D eigenvalue weighted by Crippen LogP contribution is 2.26. The molecule has 1 aromatic heterocycles. The SMILES string of the molecule is CCCNc1cc(COC)nc2ccc(Cl)cc12. The Hall–Kier alpha value is -1.32. The van der Waals surface area contributed by atoms with E-state index in [4.69, 9.17) is 16.3 Å². The molecule has 18 heavy (non-hydrogen) atoms. The van der Waals surface area contributed by atoms with Gasteiger partial charge >= 0.3 is 0 Å². The largest absolute Gasteiger partial charge is 0.384 e. The van der Waals surface area contributed by atoms with Crippen molar-refractivity contribution in [3.8, 4) is 0 Å². The molecule has 0 spiro atoms. The van der Waals surface area contributed by atoms with Crippen LogP contribution in [0.2, 0.25) is 5.02 Å². The lowest BCUT2D eigenvalue weighted by Crippen LogP contribution is -2.03. The van der Waals surface area contributed by atoms with Gasteiger partial charge in [-0.15, -0.1) is 0 Å². The average Bonchev–Trinajstić information content (AvgIpc) is 2.37. The van der Waals surface area contributed by atoms with Crippen LogP contribution in [0, 0.1) is 0 Å². The second kappa shape index (κ2) is 6.03. The molecule has 0 aliphatic carbocycles. The molecule has 4 heteroatoms. The topological polar surface area (TPSA) is 34.1 Å². The van der Waals surface area contributed by atoms with Crippen LogP contribution in [-0.2, 0) is 11.3 Å². The second-order valence-corrected chi connectivity index (χ2v) is 4.62. The van der Waals surface area contributed by atoms with E-state index in [0.717, 1.165) is 40.3 Å². The van der Waals surface area contributed by atoms with Crippen molar-refractivity contribution in [3.05, 3.63) is 35.0 Å². The summed E-state index contributed by atoms with van der Waals surface area (Å²) in [5.41, 5.74) is 2.93. The number of rotatable bonds is 5. The fourth-order valence-electron chi connectivity index (χ4n) is 1.88. The van der Waals surface area contributed by atoms with Crippen molar-refractivity contribution in [1.82, 2.24) is 4.98 Å². The third kappa shape index (κ3) is 2.92. The van der Waals surface area contributed by atoms with E-state index in [-0.39, 0.29) is 0 Å². The number of methoxy groups -OCH3 is 1. The number of hydrogen-bond acceptors (Lipinski definition) is 3. The van der Waals surface area contributed by atoms with E-state index in [9.17, 15) is 0 Å². The predicted molar refractivity (Wildman–Crippen MR) is 76.2 cm³/mol. The minimum Gasteiger partial charge on any atom is -0.384 e. The molecule has 1 heterocycles. The summed E-state index contributed by atoms with van der Waals surface area (Å²) in [6.45, 7) is 3.58. The molecule has 0 aliphatic rings. The van der Waals surface area contributed by atoms with Gasteiger partial charge in [-0.25, -0.2) is 0 Å². The van der Waals surface area contributed by atoms with Gasteiger partial charge in [0.2, 0.25) is 0 Å². The smallest absolute Gasteiger partial charge is 0.0885 e. The number of fused-ring (bicyclic) bond motifs is 1. The number of hydrogen-bond donors (Lipinski definition) is 1. The van der Waals surface area contributed by atoms with Gasteiger partial charge in [0, 0.05) is 29.8 Å². The van der Waals surface area contributed by atoms with Crippen LogP contribution in [0.4, 0.5) is 5.69 Å². The molecule has 3 nitrogen and oxygen atoms in total. The molecule has 1 aromatic carbocycles. The molecule has 0 bridgehead atoms. The quantitative estimate of drug-likeness (QED) is 0.891. The highest BCUT2D eigenvalue weighted by Gasteiger charge is 2.06. The van der Waals surface area contributed by atoms with Crippen molar-refractivity contribution in [2.75, 3.05) is 19.0 Å². The summed E-state index contributed by atoms with van der Waals surface area (Å²) in [7, 11) is 1.67. The van der Waals surface area contributed by atoms with Crippen molar-refractivity contribution < 1.29 is 4.74 Å². The van der Waals surface area contributed by atoms with E-state index < -0.39 is 0 Å². The number of ether oxygens (including phenoxy) is 1. The van der Waals surface area contributed by atoms with Crippen LogP contribution in [-0.4, -0.2) is 18.6 Å². The highest BCUT2D eigenvalue weighted by atomic mass is 35.5. The zero-order valence-electron chi connectivity index (χ0n) is 10.7. The lowest BCUT2D eigenvalue weighted by atomic mass is 10.1. The van der Waals surface area contributed by atoms with E-state index >= 15 is 0 Å². The van der Waals surface area contributed by atoms with Gasteiger partial charge in [0.25, 0.3) is 0 Å². The van der Waals surface area contributed by atoms with Crippen LogP contribution in [0.25, 0.3) is 10.9 Å². The molecule has 0 fully saturated rings. The van der Waals surface area contributed by atoms with E-state index in [2.05, 4.69) is 17.2 Å². The molecule has 96 valence electrons. The first-order valence-electron chi connectivity index (χ1n) is 6.06. The zero-order valence-corrected chi connectivity index (χ0v) is 11.4. The maximum atomic E-state index is 6.05. The lowest BCUT2D eigenvalue weighted by Gasteiger charge is -2.11. The Morgan fingerprint density at radius 2 is 2.17 bits per heavy atom. The molecule has 2 aromatic rings.